The van der Waals surface area contributed by atoms with E-state index in [1.807, 2.05) is 36.4 Å². The van der Waals surface area contributed by atoms with Crippen LogP contribution in [-0.2, 0) is 0 Å². The van der Waals surface area contributed by atoms with Gasteiger partial charge >= 0.3 is 0 Å². The standard InChI is InChI=1S/C52H32N4O/c1-4-16-33(17-5-1)41-32-42(54-52(53-41)35-18-6-2-7-19-35)34-28-30-37(31-29-34)56-44-26-14-11-23-39(44)47-46-38-22-10-13-25-43(38)55(36-20-8-3-9-21-36)49(46)48-40-24-12-15-27-45(40)57-51(48)50(47)56/h1-32H. The smallest absolute Gasteiger partial charge is 0.162 e. The predicted octanol–water partition coefficient (Wildman–Crippen LogP) is 13.6. The molecule has 0 amide bonds. The lowest BCUT2D eigenvalue weighted by Crippen LogP contribution is -1.97. The molecular weight excluding hydrogens is 697 g/mol. The summed E-state index contributed by atoms with van der Waals surface area (Å²) in [6, 6.07) is 68.0. The first-order chi connectivity index (χ1) is 28.3. The minimum atomic E-state index is 0.699. The number of hydrogen-bond donors (Lipinski definition) is 0. The van der Waals surface area contributed by atoms with Crippen molar-refractivity contribution in [2.75, 3.05) is 0 Å². The van der Waals surface area contributed by atoms with Gasteiger partial charge in [0.05, 0.1) is 38.8 Å². The molecule has 57 heavy (non-hydrogen) atoms. The largest absolute Gasteiger partial charge is 0.454 e. The first kappa shape index (κ1) is 31.6. The Bertz CT molecular complexity index is 3430. The van der Waals surface area contributed by atoms with Gasteiger partial charge in [0.2, 0.25) is 0 Å². The quantitative estimate of drug-likeness (QED) is 0.177. The second-order valence-corrected chi connectivity index (χ2v) is 14.5. The molecule has 0 atom stereocenters. The Morgan fingerprint density at radius 1 is 0.368 bits per heavy atom. The molecule has 0 fully saturated rings. The van der Waals surface area contributed by atoms with Crippen molar-refractivity contribution in [2.45, 2.75) is 0 Å². The molecule has 0 N–H and O–H groups in total. The van der Waals surface area contributed by atoms with E-state index in [4.69, 9.17) is 14.4 Å². The highest BCUT2D eigenvalue weighted by molar-refractivity contribution is 6.39. The third-order valence-corrected chi connectivity index (χ3v) is 11.3. The average Bonchev–Trinajstić information content (AvgIpc) is 3.95. The van der Waals surface area contributed by atoms with E-state index in [1.165, 1.54) is 21.5 Å². The Kier molecular flexibility index (Phi) is 6.86. The molecule has 0 spiro atoms. The highest BCUT2D eigenvalue weighted by Crippen LogP contribution is 2.49. The van der Waals surface area contributed by atoms with Crippen molar-refractivity contribution in [3.8, 4) is 45.3 Å². The van der Waals surface area contributed by atoms with Gasteiger partial charge in [-0.15, -0.1) is 0 Å². The van der Waals surface area contributed by atoms with Crippen molar-refractivity contribution >= 4 is 65.6 Å². The van der Waals surface area contributed by atoms with Crippen molar-refractivity contribution in [3.05, 3.63) is 194 Å². The molecule has 0 aliphatic carbocycles. The lowest BCUT2D eigenvalue weighted by atomic mass is 10.0. The van der Waals surface area contributed by atoms with Crippen LogP contribution in [0.5, 0.6) is 0 Å². The first-order valence-electron chi connectivity index (χ1n) is 19.3. The summed E-state index contributed by atoms with van der Waals surface area (Å²) in [6.07, 6.45) is 0. The van der Waals surface area contributed by atoms with Crippen LogP contribution in [0.25, 0.3) is 111 Å². The van der Waals surface area contributed by atoms with Crippen LogP contribution >= 0.6 is 0 Å². The highest BCUT2D eigenvalue weighted by atomic mass is 16.3. The van der Waals surface area contributed by atoms with Gasteiger partial charge in [0.1, 0.15) is 5.58 Å². The molecule has 12 aromatic rings. The van der Waals surface area contributed by atoms with Crippen molar-refractivity contribution < 1.29 is 4.42 Å². The van der Waals surface area contributed by atoms with Gasteiger partial charge < -0.3 is 13.6 Å². The Labute approximate surface area is 327 Å². The normalized spacial score (nSPS) is 11.9. The summed E-state index contributed by atoms with van der Waals surface area (Å²) in [6.45, 7) is 0. The maximum atomic E-state index is 7.00. The van der Waals surface area contributed by atoms with Gasteiger partial charge in [-0.3, -0.25) is 0 Å². The summed E-state index contributed by atoms with van der Waals surface area (Å²) >= 11 is 0. The van der Waals surface area contributed by atoms with Crippen molar-refractivity contribution in [1.29, 1.82) is 0 Å². The van der Waals surface area contributed by atoms with E-state index in [0.29, 0.717) is 5.82 Å². The number of para-hydroxylation sites is 4. The summed E-state index contributed by atoms with van der Waals surface area (Å²) < 4.78 is 11.8. The fraction of sp³-hybridized carbons (Fsp3) is 0. The maximum absolute atomic E-state index is 7.00. The highest BCUT2D eigenvalue weighted by Gasteiger charge is 2.27. The van der Waals surface area contributed by atoms with Crippen LogP contribution in [-0.4, -0.2) is 19.1 Å². The van der Waals surface area contributed by atoms with Gasteiger partial charge in [-0.1, -0.05) is 146 Å². The first-order valence-corrected chi connectivity index (χ1v) is 19.3. The van der Waals surface area contributed by atoms with E-state index < -0.39 is 0 Å². The Hall–Kier alpha value is -7.76. The fourth-order valence-electron chi connectivity index (χ4n) is 8.85. The van der Waals surface area contributed by atoms with Gasteiger partial charge in [-0.05, 0) is 48.5 Å². The fourth-order valence-corrected chi connectivity index (χ4v) is 8.85. The molecule has 5 heteroatoms. The third-order valence-electron chi connectivity index (χ3n) is 11.3. The van der Waals surface area contributed by atoms with Crippen molar-refractivity contribution in [1.82, 2.24) is 19.1 Å². The van der Waals surface area contributed by atoms with Crippen LogP contribution in [0.4, 0.5) is 0 Å². The molecule has 0 saturated heterocycles. The molecule has 8 aromatic carbocycles. The topological polar surface area (TPSA) is 48.8 Å². The second-order valence-electron chi connectivity index (χ2n) is 14.5. The van der Waals surface area contributed by atoms with E-state index in [9.17, 15) is 0 Å². The molecule has 0 aliphatic rings. The summed E-state index contributed by atoms with van der Waals surface area (Å²) in [5.74, 6) is 0.699. The number of hydrogen-bond acceptors (Lipinski definition) is 3. The van der Waals surface area contributed by atoms with Crippen molar-refractivity contribution in [2.24, 2.45) is 0 Å². The summed E-state index contributed by atoms with van der Waals surface area (Å²) in [7, 11) is 0. The zero-order chi connectivity index (χ0) is 37.5. The molecule has 266 valence electrons. The average molecular weight is 729 g/mol. The Morgan fingerprint density at radius 2 is 0.842 bits per heavy atom. The van der Waals surface area contributed by atoms with Gasteiger partial charge in [0.15, 0.2) is 11.4 Å². The summed E-state index contributed by atoms with van der Waals surface area (Å²) in [5.41, 5.74) is 13.2. The lowest BCUT2D eigenvalue weighted by molar-refractivity contribution is 0.671. The number of rotatable bonds is 5. The summed E-state index contributed by atoms with van der Waals surface area (Å²) in [5, 5.41) is 6.99. The molecular formula is C52H32N4O. The van der Waals surface area contributed by atoms with Crippen LogP contribution in [0.15, 0.2) is 199 Å². The molecule has 0 bridgehead atoms. The van der Waals surface area contributed by atoms with E-state index in [1.54, 1.807) is 0 Å². The maximum Gasteiger partial charge on any atom is 0.162 e. The van der Waals surface area contributed by atoms with Gasteiger partial charge in [0, 0.05) is 55.0 Å². The van der Waals surface area contributed by atoms with E-state index in [2.05, 4.69) is 167 Å². The second kappa shape index (κ2) is 12.4. The Balaban J connectivity index is 1.15. The summed E-state index contributed by atoms with van der Waals surface area (Å²) in [4.78, 5) is 10.1. The monoisotopic (exact) mass is 728 g/mol. The van der Waals surface area contributed by atoms with Gasteiger partial charge in [-0.25, -0.2) is 9.97 Å². The van der Waals surface area contributed by atoms with Crippen LogP contribution in [0.3, 0.4) is 0 Å². The molecule has 0 saturated carbocycles. The van der Waals surface area contributed by atoms with Crippen LogP contribution < -0.4 is 0 Å². The van der Waals surface area contributed by atoms with Crippen molar-refractivity contribution in [3.63, 3.8) is 0 Å². The zero-order valence-electron chi connectivity index (χ0n) is 30.7. The minimum Gasteiger partial charge on any atom is -0.454 e. The molecule has 0 radical (unpaired) electrons. The molecule has 0 unspecified atom stereocenters. The number of furan rings is 1. The van der Waals surface area contributed by atoms with Gasteiger partial charge in [-0.2, -0.15) is 0 Å². The van der Waals surface area contributed by atoms with Gasteiger partial charge in [0.25, 0.3) is 0 Å². The number of fused-ring (bicyclic) bond motifs is 12. The lowest BCUT2D eigenvalue weighted by Gasteiger charge is -2.12. The minimum absolute atomic E-state index is 0.699. The van der Waals surface area contributed by atoms with E-state index >= 15 is 0 Å². The molecule has 5 nitrogen and oxygen atoms in total. The van der Waals surface area contributed by atoms with E-state index in [-0.39, 0.29) is 0 Å². The molecule has 4 heterocycles. The molecule has 4 aromatic heterocycles. The van der Waals surface area contributed by atoms with E-state index in [0.717, 1.165) is 83.5 Å². The van der Waals surface area contributed by atoms with Crippen LogP contribution in [0.2, 0.25) is 0 Å². The molecule has 12 rings (SSSR count). The number of nitrogens with zero attached hydrogens (tertiary/aromatic N) is 4. The number of aromatic nitrogens is 4. The van der Waals surface area contributed by atoms with Crippen LogP contribution in [0, 0.1) is 0 Å². The predicted molar refractivity (Wildman–Crippen MR) is 234 cm³/mol. The zero-order valence-corrected chi connectivity index (χ0v) is 30.7. The Morgan fingerprint density at radius 3 is 1.49 bits per heavy atom. The number of benzene rings is 8. The SMILES string of the molecule is c1ccc(-c2cc(-c3ccc(-n4c5ccccc5c5c6c7ccccc7n(-c7ccccc7)c6c6c7ccccc7oc6c54)cc3)nc(-c3ccccc3)n2)cc1. The third kappa shape index (κ3) is 4.76. The molecule has 0 aliphatic heterocycles. The van der Waals surface area contributed by atoms with Crippen LogP contribution in [0.1, 0.15) is 0 Å².